The molecule has 1 atom stereocenters. The summed E-state index contributed by atoms with van der Waals surface area (Å²) in [5.41, 5.74) is 6.43. The first-order valence-corrected chi connectivity index (χ1v) is 5.73. The van der Waals surface area contributed by atoms with E-state index >= 15 is 0 Å². The van der Waals surface area contributed by atoms with Gasteiger partial charge in [0.15, 0.2) is 0 Å². The second-order valence-electron chi connectivity index (χ2n) is 3.88. The summed E-state index contributed by atoms with van der Waals surface area (Å²) in [5, 5.41) is 3.44. The molecule has 5 heteroatoms. The summed E-state index contributed by atoms with van der Waals surface area (Å²) in [7, 11) is 0. The molecular weight excluding hydrogens is 259 g/mol. The van der Waals surface area contributed by atoms with Crippen molar-refractivity contribution in [3.8, 4) is 0 Å². The molecule has 0 spiro atoms. The van der Waals surface area contributed by atoms with E-state index in [0.29, 0.717) is 18.0 Å². The minimum absolute atomic E-state index is 0. The van der Waals surface area contributed by atoms with Crippen LogP contribution in [0.2, 0.25) is 5.02 Å². The maximum atomic E-state index is 11.5. The molecule has 0 bridgehead atoms. The number of rotatable bonds is 5. The highest BCUT2D eigenvalue weighted by Gasteiger charge is 2.05. The van der Waals surface area contributed by atoms with Crippen molar-refractivity contribution in [3.63, 3.8) is 0 Å². The number of carbonyl (C=O) groups is 1. The Morgan fingerprint density at radius 2 is 2.12 bits per heavy atom. The maximum Gasteiger partial charge on any atom is 0.224 e. The van der Waals surface area contributed by atoms with Gasteiger partial charge >= 0.3 is 0 Å². The molecule has 0 fully saturated rings. The predicted molar refractivity (Wildman–Crippen MR) is 73.7 cm³/mol. The van der Waals surface area contributed by atoms with Crippen molar-refractivity contribution in [1.82, 2.24) is 5.32 Å². The standard InChI is InChI=1S/C12H17ClN2O.ClH/c1-9(14)6-7-15-12(16)8-10-4-2-3-5-11(10)13;/h2-5,9H,6-8,14H2,1H3,(H,15,16);1H. The Kier molecular flexibility index (Phi) is 7.96. The van der Waals surface area contributed by atoms with E-state index in [9.17, 15) is 4.79 Å². The van der Waals surface area contributed by atoms with Crippen molar-refractivity contribution < 1.29 is 4.79 Å². The van der Waals surface area contributed by atoms with Gasteiger partial charge in [0.2, 0.25) is 5.91 Å². The van der Waals surface area contributed by atoms with Gasteiger partial charge < -0.3 is 11.1 Å². The first-order chi connectivity index (χ1) is 7.59. The van der Waals surface area contributed by atoms with Gasteiger partial charge in [0.25, 0.3) is 0 Å². The average molecular weight is 277 g/mol. The van der Waals surface area contributed by atoms with Gasteiger partial charge in [0, 0.05) is 17.6 Å². The summed E-state index contributed by atoms with van der Waals surface area (Å²) in [6.45, 7) is 2.53. The van der Waals surface area contributed by atoms with Crippen molar-refractivity contribution in [2.75, 3.05) is 6.54 Å². The van der Waals surface area contributed by atoms with Crippen LogP contribution in [0.1, 0.15) is 18.9 Å². The van der Waals surface area contributed by atoms with Gasteiger partial charge in [-0.15, -0.1) is 12.4 Å². The summed E-state index contributed by atoms with van der Waals surface area (Å²) in [6.07, 6.45) is 1.10. The molecule has 1 aromatic carbocycles. The molecule has 0 aromatic heterocycles. The van der Waals surface area contributed by atoms with Crippen molar-refractivity contribution in [2.45, 2.75) is 25.8 Å². The van der Waals surface area contributed by atoms with E-state index in [4.69, 9.17) is 17.3 Å². The number of amides is 1. The molecule has 1 rings (SSSR count). The first-order valence-electron chi connectivity index (χ1n) is 5.35. The van der Waals surface area contributed by atoms with Crippen LogP contribution in [0, 0.1) is 0 Å². The van der Waals surface area contributed by atoms with E-state index in [1.54, 1.807) is 6.07 Å². The Morgan fingerprint density at radius 3 is 2.71 bits per heavy atom. The minimum atomic E-state index is -0.0197. The largest absolute Gasteiger partial charge is 0.356 e. The molecule has 17 heavy (non-hydrogen) atoms. The van der Waals surface area contributed by atoms with Gasteiger partial charge in [-0.1, -0.05) is 29.8 Å². The van der Waals surface area contributed by atoms with Crippen molar-refractivity contribution in [1.29, 1.82) is 0 Å². The summed E-state index contributed by atoms with van der Waals surface area (Å²) >= 11 is 5.95. The smallest absolute Gasteiger partial charge is 0.224 e. The van der Waals surface area contributed by atoms with E-state index in [0.717, 1.165) is 12.0 Å². The number of nitrogens with two attached hydrogens (primary N) is 1. The number of halogens is 2. The molecule has 0 saturated carbocycles. The quantitative estimate of drug-likeness (QED) is 0.866. The molecule has 0 heterocycles. The number of hydrogen-bond acceptors (Lipinski definition) is 2. The van der Waals surface area contributed by atoms with Gasteiger partial charge in [-0.05, 0) is 25.0 Å². The average Bonchev–Trinajstić information content (AvgIpc) is 2.21. The third-order valence-corrected chi connectivity index (χ3v) is 2.60. The van der Waals surface area contributed by atoms with Crippen LogP contribution in [-0.4, -0.2) is 18.5 Å². The van der Waals surface area contributed by atoms with Crippen LogP contribution in [0.15, 0.2) is 24.3 Å². The van der Waals surface area contributed by atoms with Crippen molar-refractivity contribution in [3.05, 3.63) is 34.9 Å². The maximum absolute atomic E-state index is 11.5. The van der Waals surface area contributed by atoms with E-state index in [1.165, 1.54) is 0 Å². The molecule has 0 aliphatic heterocycles. The molecule has 3 nitrogen and oxygen atoms in total. The van der Waals surface area contributed by atoms with Crippen LogP contribution < -0.4 is 11.1 Å². The zero-order valence-electron chi connectivity index (χ0n) is 9.78. The number of benzene rings is 1. The second-order valence-corrected chi connectivity index (χ2v) is 4.29. The van der Waals surface area contributed by atoms with E-state index in [2.05, 4.69) is 5.32 Å². The van der Waals surface area contributed by atoms with Crippen LogP contribution >= 0.6 is 24.0 Å². The third kappa shape index (κ3) is 6.51. The van der Waals surface area contributed by atoms with Crippen molar-refractivity contribution >= 4 is 29.9 Å². The Hall–Kier alpha value is -0.770. The van der Waals surface area contributed by atoms with Gasteiger partial charge in [0.1, 0.15) is 0 Å². The normalized spacial score (nSPS) is 11.5. The lowest BCUT2D eigenvalue weighted by Gasteiger charge is -2.08. The number of nitrogens with one attached hydrogen (secondary N) is 1. The highest BCUT2D eigenvalue weighted by atomic mass is 35.5. The molecular formula is C12H18Cl2N2O. The molecule has 1 unspecified atom stereocenters. The fourth-order valence-corrected chi connectivity index (χ4v) is 1.52. The van der Waals surface area contributed by atoms with E-state index in [-0.39, 0.29) is 24.4 Å². The zero-order chi connectivity index (χ0) is 12.0. The van der Waals surface area contributed by atoms with Gasteiger partial charge in [-0.25, -0.2) is 0 Å². The highest BCUT2D eigenvalue weighted by Crippen LogP contribution is 2.15. The summed E-state index contributed by atoms with van der Waals surface area (Å²) in [6, 6.07) is 7.47. The fraction of sp³-hybridized carbons (Fsp3) is 0.417. The molecule has 0 aliphatic carbocycles. The molecule has 1 aromatic rings. The molecule has 1 amide bonds. The lowest BCUT2D eigenvalue weighted by Crippen LogP contribution is -2.30. The Morgan fingerprint density at radius 1 is 1.47 bits per heavy atom. The molecule has 3 N–H and O–H groups in total. The van der Waals surface area contributed by atoms with Crippen LogP contribution in [0.4, 0.5) is 0 Å². The lowest BCUT2D eigenvalue weighted by atomic mass is 10.1. The van der Waals surface area contributed by atoms with Crippen LogP contribution in [0.25, 0.3) is 0 Å². The summed E-state index contributed by atoms with van der Waals surface area (Å²) < 4.78 is 0. The molecule has 0 saturated heterocycles. The number of carbonyl (C=O) groups excluding carboxylic acids is 1. The first kappa shape index (κ1) is 16.2. The van der Waals surface area contributed by atoms with Crippen LogP contribution in [-0.2, 0) is 11.2 Å². The third-order valence-electron chi connectivity index (χ3n) is 2.23. The summed E-state index contributed by atoms with van der Waals surface area (Å²) in [5.74, 6) is -0.0197. The molecule has 96 valence electrons. The fourth-order valence-electron chi connectivity index (χ4n) is 1.32. The second kappa shape index (κ2) is 8.34. The minimum Gasteiger partial charge on any atom is -0.356 e. The Balaban J connectivity index is 0.00000256. The van der Waals surface area contributed by atoms with Gasteiger partial charge in [-0.3, -0.25) is 4.79 Å². The zero-order valence-corrected chi connectivity index (χ0v) is 11.4. The Bertz CT molecular complexity index is 356. The molecule has 0 aliphatic rings. The van der Waals surface area contributed by atoms with Gasteiger partial charge in [0.05, 0.1) is 6.42 Å². The van der Waals surface area contributed by atoms with Crippen LogP contribution in [0.5, 0.6) is 0 Å². The summed E-state index contributed by atoms with van der Waals surface area (Å²) in [4.78, 5) is 11.5. The van der Waals surface area contributed by atoms with E-state index in [1.807, 2.05) is 25.1 Å². The van der Waals surface area contributed by atoms with Crippen molar-refractivity contribution in [2.24, 2.45) is 5.73 Å². The van der Waals surface area contributed by atoms with E-state index < -0.39 is 0 Å². The monoisotopic (exact) mass is 276 g/mol. The van der Waals surface area contributed by atoms with Gasteiger partial charge in [-0.2, -0.15) is 0 Å². The predicted octanol–water partition coefficient (Wildman–Crippen LogP) is 2.16. The Labute approximate surface area is 113 Å². The lowest BCUT2D eigenvalue weighted by molar-refractivity contribution is -0.120. The highest BCUT2D eigenvalue weighted by molar-refractivity contribution is 6.31. The topological polar surface area (TPSA) is 55.1 Å². The number of hydrogen-bond donors (Lipinski definition) is 2. The van der Waals surface area contributed by atoms with Crippen LogP contribution in [0.3, 0.4) is 0 Å². The SMILES string of the molecule is CC(N)CCNC(=O)Cc1ccccc1Cl.Cl. The molecule has 0 radical (unpaired) electrons.